The molecular formula is C19H19N3O5. The Morgan fingerprint density at radius 2 is 1.74 bits per heavy atom. The van der Waals surface area contributed by atoms with E-state index in [4.69, 9.17) is 4.74 Å². The highest BCUT2D eigenvalue weighted by atomic mass is 16.6. The molecule has 3 rings (SSSR count). The van der Waals surface area contributed by atoms with Gasteiger partial charge in [-0.3, -0.25) is 19.7 Å². The van der Waals surface area contributed by atoms with Crippen LogP contribution >= 0.6 is 0 Å². The Labute approximate surface area is 156 Å². The Hall–Kier alpha value is -3.42. The minimum absolute atomic E-state index is 0.0689. The number of rotatable bonds is 6. The third kappa shape index (κ3) is 4.41. The van der Waals surface area contributed by atoms with E-state index < -0.39 is 4.92 Å². The van der Waals surface area contributed by atoms with Crippen molar-refractivity contribution in [2.75, 3.05) is 37.7 Å². The predicted octanol–water partition coefficient (Wildman–Crippen LogP) is 2.13. The number of anilines is 1. The summed E-state index contributed by atoms with van der Waals surface area (Å²) in [6.07, 6.45) is 0.742. The van der Waals surface area contributed by atoms with Gasteiger partial charge >= 0.3 is 0 Å². The molecule has 0 aromatic heterocycles. The first kappa shape index (κ1) is 18.4. The van der Waals surface area contributed by atoms with E-state index >= 15 is 0 Å². The third-order valence-corrected chi connectivity index (χ3v) is 4.43. The highest BCUT2D eigenvalue weighted by molar-refractivity contribution is 5.78. The number of nitrogens with zero attached hydrogens (tertiary/aromatic N) is 3. The largest absolute Gasteiger partial charge is 0.484 e. The lowest BCUT2D eigenvalue weighted by atomic mass is 10.2. The van der Waals surface area contributed by atoms with Crippen LogP contribution in [-0.4, -0.2) is 54.8 Å². The fraction of sp³-hybridized carbons (Fsp3) is 0.263. The molecule has 0 saturated carbocycles. The molecule has 1 saturated heterocycles. The average molecular weight is 369 g/mol. The van der Waals surface area contributed by atoms with Gasteiger partial charge in [0.05, 0.1) is 4.92 Å². The van der Waals surface area contributed by atoms with E-state index in [2.05, 4.69) is 0 Å². The van der Waals surface area contributed by atoms with Crippen molar-refractivity contribution in [2.45, 2.75) is 0 Å². The van der Waals surface area contributed by atoms with Crippen LogP contribution in [0.1, 0.15) is 10.4 Å². The first-order chi connectivity index (χ1) is 13.1. The standard InChI is InChI=1S/C19H19N3O5/c23-13-15-5-7-16(8-6-15)27-14-19(24)21-11-9-20(10-12-21)17-3-1-2-4-18(17)22(25)26/h1-8,13H,9-12,14H2. The minimum Gasteiger partial charge on any atom is -0.484 e. The summed E-state index contributed by atoms with van der Waals surface area (Å²) in [6.45, 7) is 1.89. The molecule has 1 heterocycles. The number of amides is 1. The maximum atomic E-state index is 12.3. The number of hydrogen-bond acceptors (Lipinski definition) is 6. The molecule has 0 radical (unpaired) electrons. The molecule has 0 atom stereocenters. The van der Waals surface area contributed by atoms with Gasteiger partial charge in [-0.05, 0) is 30.3 Å². The maximum absolute atomic E-state index is 12.3. The molecule has 1 aliphatic heterocycles. The van der Waals surface area contributed by atoms with Crippen molar-refractivity contribution in [3.63, 3.8) is 0 Å². The SMILES string of the molecule is O=Cc1ccc(OCC(=O)N2CCN(c3ccccc3[N+](=O)[O-])CC2)cc1. The molecule has 2 aromatic rings. The van der Waals surface area contributed by atoms with Crippen LogP contribution in [0.25, 0.3) is 0 Å². The van der Waals surface area contributed by atoms with Crippen LogP contribution in [0.3, 0.4) is 0 Å². The minimum atomic E-state index is -0.392. The molecule has 1 fully saturated rings. The normalized spacial score (nSPS) is 13.9. The van der Waals surface area contributed by atoms with Crippen molar-refractivity contribution in [2.24, 2.45) is 0 Å². The monoisotopic (exact) mass is 369 g/mol. The van der Waals surface area contributed by atoms with Crippen molar-refractivity contribution in [1.82, 2.24) is 4.90 Å². The van der Waals surface area contributed by atoms with Crippen LogP contribution in [0.5, 0.6) is 5.75 Å². The zero-order chi connectivity index (χ0) is 19.2. The second-order valence-corrected chi connectivity index (χ2v) is 6.09. The summed E-state index contributed by atoms with van der Waals surface area (Å²) in [5.41, 5.74) is 1.18. The van der Waals surface area contributed by atoms with E-state index in [1.807, 2.05) is 4.90 Å². The van der Waals surface area contributed by atoms with Crippen LogP contribution in [-0.2, 0) is 4.79 Å². The van der Waals surface area contributed by atoms with Crippen molar-refractivity contribution in [1.29, 1.82) is 0 Å². The van der Waals surface area contributed by atoms with Gasteiger partial charge in [0.2, 0.25) is 0 Å². The number of carbonyl (C=O) groups excluding carboxylic acids is 2. The van der Waals surface area contributed by atoms with Gasteiger partial charge in [-0.2, -0.15) is 0 Å². The molecule has 27 heavy (non-hydrogen) atoms. The van der Waals surface area contributed by atoms with E-state index in [0.29, 0.717) is 43.2 Å². The number of nitro benzene ring substituents is 1. The summed E-state index contributed by atoms with van der Waals surface area (Å²) < 4.78 is 5.47. The lowest BCUT2D eigenvalue weighted by Gasteiger charge is -2.35. The van der Waals surface area contributed by atoms with Gasteiger partial charge in [-0.15, -0.1) is 0 Å². The van der Waals surface area contributed by atoms with E-state index in [1.165, 1.54) is 6.07 Å². The van der Waals surface area contributed by atoms with Gasteiger partial charge in [-0.25, -0.2) is 0 Å². The summed E-state index contributed by atoms with van der Waals surface area (Å²) in [5.74, 6) is 0.379. The molecular weight excluding hydrogens is 350 g/mol. The van der Waals surface area contributed by atoms with Crippen molar-refractivity contribution in [3.05, 3.63) is 64.2 Å². The number of carbonyl (C=O) groups is 2. The number of hydrogen-bond donors (Lipinski definition) is 0. The van der Waals surface area contributed by atoms with Gasteiger partial charge in [0.15, 0.2) is 6.61 Å². The number of nitro groups is 1. The van der Waals surface area contributed by atoms with Crippen molar-refractivity contribution >= 4 is 23.6 Å². The molecule has 140 valence electrons. The summed E-state index contributed by atoms with van der Waals surface area (Å²) in [7, 11) is 0. The smallest absolute Gasteiger partial charge is 0.292 e. The molecule has 0 N–H and O–H groups in total. The van der Waals surface area contributed by atoms with Gasteiger partial charge in [0.1, 0.15) is 17.7 Å². The summed E-state index contributed by atoms with van der Waals surface area (Å²) in [6, 6.07) is 13.1. The molecule has 0 bridgehead atoms. The first-order valence-corrected chi connectivity index (χ1v) is 8.52. The summed E-state index contributed by atoms with van der Waals surface area (Å²) >= 11 is 0. The Morgan fingerprint density at radius 3 is 2.37 bits per heavy atom. The maximum Gasteiger partial charge on any atom is 0.292 e. The van der Waals surface area contributed by atoms with Crippen LogP contribution in [0.2, 0.25) is 0 Å². The summed E-state index contributed by atoms with van der Waals surface area (Å²) in [4.78, 5) is 37.4. The molecule has 1 aliphatic rings. The van der Waals surface area contributed by atoms with Crippen LogP contribution < -0.4 is 9.64 Å². The number of piperazine rings is 1. The fourth-order valence-electron chi connectivity index (χ4n) is 2.96. The highest BCUT2D eigenvalue weighted by Crippen LogP contribution is 2.28. The summed E-state index contributed by atoms with van der Waals surface area (Å²) in [5, 5.41) is 11.2. The number of ether oxygens (including phenoxy) is 1. The molecule has 2 aromatic carbocycles. The Balaban J connectivity index is 1.53. The Morgan fingerprint density at radius 1 is 1.07 bits per heavy atom. The lowest BCUT2D eigenvalue weighted by molar-refractivity contribution is -0.384. The molecule has 0 spiro atoms. The topological polar surface area (TPSA) is 93.0 Å². The number of benzene rings is 2. The number of aldehydes is 1. The van der Waals surface area contributed by atoms with E-state index in [1.54, 1.807) is 47.4 Å². The molecule has 8 heteroatoms. The molecule has 0 unspecified atom stereocenters. The lowest BCUT2D eigenvalue weighted by Crippen LogP contribution is -2.50. The zero-order valence-electron chi connectivity index (χ0n) is 14.6. The predicted molar refractivity (Wildman–Crippen MR) is 99.2 cm³/mol. The Kier molecular flexibility index (Phi) is 5.65. The second-order valence-electron chi connectivity index (χ2n) is 6.09. The first-order valence-electron chi connectivity index (χ1n) is 8.52. The molecule has 0 aliphatic carbocycles. The van der Waals surface area contributed by atoms with E-state index in [9.17, 15) is 19.7 Å². The Bertz CT molecular complexity index is 829. The van der Waals surface area contributed by atoms with Gasteiger partial charge < -0.3 is 14.5 Å². The van der Waals surface area contributed by atoms with Crippen molar-refractivity contribution in [3.8, 4) is 5.75 Å². The van der Waals surface area contributed by atoms with Crippen LogP contribution in [0.15, 0.2) is 48.5 Å². The van der Waals surface area contributed by atoms with Gasteiger partial charge in [0, 0.05) is 37.8 Å². The van der Waals surface area contributed by atoms with Crippen LogP contribution in [0, 0.1) is 10.1 Å². The van der Waals surface area contributed by atoms with Crippen LogP contribution in [0.4, 0.5) is 11.4 Å². The average Bonchev–Trinajstić information content (AvgIpc) is 2.72. The van der Waals surface area contributed by atoms with Gasteiger partial charge in [0.25, 0.3) is 11.6 Å². The fourth-order valence-corrected chi connectivity index (χ4v) is 2.96. The van der Waals surface area contributed by atoms with Crippen molar-refractivity contribution < 1.29 is 19.2 Å². The zero-order valence-corrected chi connectivity index (χ0v) is 14.6. The second kappa shape index (κ2) is 8.31. The number of para-hydroxylation sites is 2. The third-order valence-electron chi connectivity index (χ3n) is 4.43. The van der Waals surface area contributed by atoms with E-state index in [-0.39, 0.29) is 18.2 Å². The highest BCUT2D eigenvalue weighted by Gasteiger charge is 2.25. The molecule has 1 amide bonds. The quantitative estimate of drug-likeness (QED) is 0.440. The van der Waals surface area contributed by atoms with Gasteiger partial charge in [-0.1, -0.05) is 12.1 Å². The van der Waals surface area contributed by atoms with E-state index in [0.717, 1.165) is 6.29 Å². The molecule has 8 nitrogen and oxygen atoms in total.